The summed E-state index contributed by atoms with van der Waals surface area (Å²) < 4.78 is 5.23. The molecule has 0 bridgehead atoms. The lowest BCUT2D eigenvalue weighted by Crippen LogP contribution is -2.64. The van der Waals surface area contributed by atoms with Crippen molar-refractivity contribution in [2.24, 2.45) is 17.4 Å². The fourth-order valence-electron chi connectivity index (χ4n) is 3.15. The third-order valence-electron chi connectivity index (χ3n) is 4.18. The van der Waals surface area contributed by atoms with Gasteiger partial charge in [-0.3, -0.25) is 9.59 Å². The Bertz CT molecular complexity index is 374. The Kier molecular flexibility index (Phi) is 4.10. The fourth-order valence-corrected chi connectivity index (χ4v) is 3.15. The van der Waals surface area contributed by atoms with Crippen molar-refractivity contribution >= 4 is 11.8 Å². The molecule has 0 spiro atoms. The molecule has 1 saturated heterocycles. The summed E-state index contributed by atoms with van der Waals surface area (Å²) in [6.45, 7) is 3.10. The molecule has 2 fully saturated rings. The molecule has 3 unspecified atom stereocenters. The molecule has 1 saturated carbocycles. The number of carbonyl (C=O) groups is 2. The first-order valence-electron chi connectivity index (χ1n) is 6.91. The van der Waals surface area contributed by atoms with Gasteiger partial charge in [-0.15, -0.1) is 0 Å². The van der Waals surface area contributed by atoms with E-state index < -0.39 is 17.5 Å². The normalized spacial score (nSPS) is 36.0. The van der Waals surface area contributed by atoms with Crippen molar-refractivity contribution in [2.45, 2.75) is 44.2 Å². The summed E-state index contributed by atoms with van der Waals surface area (Å²) >= 11 is 0. The van der Waals surface area contributed by atoms with Gasteiger partial charge in [0.2, 0.25) is 11.8 Å². The van der Waals surface area contributed by atoms with E-state index in [2.05, 4.69) is 6.92 Å². The van der Waals surface area contributed by atoms with E-state index in [0.717, 1.165) is 12.8 Å². The number of carbonyl (C=O) groups excluding carboxylic acids is 2. The molecule has 2 aliphatic rings. The molecular formula is C13H23N3O3. The minimum Gasteiger partial charge on any atom is -0.377 e. The van der Waals surface area contributed by atoms with Gasteiger partial charge in [-0.2, -0.15) is 0 Å². The SMILES string of the molecule is CC1CCCC(N)(C(=O)N2CCOCC2C(N)=O)C1. The second-order valence-electron chi connectivity index (χ2n) is 5.85. The van der Waals surface area contributed by atoms with Crippen LogP contribution in [-0.2, 0) is 14.3 Å². The number of morpholine rings is 1. The average molecular weight is 269 g/mol. The molecule has 6 heteroatoms. The lowest BCUT2D eigenvalue weighted by molar-refractivity contribution is -0.153. The van der Waals surface area contributed by atoms with Crippen LogP contribution in [0.3, 0.4) is 0 Å². The fraction of sp³-hybridized carbons (Fsp3) is 0.846. The summed E-state index contributed by atoms with van der Waals surface area (Å²) in [5.41, 5.74) is 10.8. The molecule has 0 radical (unpaired) electrons. The highest BCUT2D eigenvalue weighted by Gasteiger charge is 2.44. The number of hydrogen-bond donors (Lipinski definition) is 2. The molecule has 4 N–H and O–H groups in total. The standard InChI is InChI=1S/C13H23N3O3/c1-9-3-2-4-13(15,7-9)12(18)16-5-6-19-8-10(16)11(14)17/h9-10H,2-8,15H2,1H3,(H2,14,17). The highest BCUT2D eigenvalue weighted by atomic mass is 16.5. The van der Waals surface area contributed by atoms with E-state index in [0.29, 0.717) is 31.9 Å². The van der Waals surface area contributed by atoms with Crippen LogP contribution in [0.1, 0.15) is 32.6 Å². The van der Waals surface area contributed by atoms with E-state index in [9.17, 15) is 9.59 Å². The smallest absolute Gasteiger partial charge is 0.243 e. The molecular weight excluding hydrogens is 246 g/mol. The van der Waals surface area contributed by atoms with Crippen LogP contribution in [0.2, 0.25) is 0 Å². The number of rotatable bonds is 2. The van der Waals surface area contributed by atoms with Gasteiger partial charge < -0.3 is 21.1 Å². The zero-order chi connectivity index (χ0) is 14.0. The molecule has 2 amide bonds. The van der Waals surface area contributed by atoms with E-state index >= 15 is 0 Å². The van der Waals surface area contributed by atoms with Crippen LogP contribution >= 0.6 is 0 Å². The van der Waals surface area contributed by atoms with E-state index in [1.165, 1.54) is 4.90 Å². The van der Waals surface area contributed by atoms with Crippen molar-refractivity contribution in [3.05, 3.63) is 0 Å². The lowest BCUT2D eigenvalue weighted by Gasteiger charge is -2.42. The van der Waals surface area contributed by atoms with Crippen molar-refractivity contribution in [3.63, 3.8) is 0 Å². The number of primary amides is 1. The molecule has 1 aliphatic heterocycles. The number of nitrogens with zero attached hydrogens (tertiary/aromatic N) is 1. The molecule has 0 aromatic carbocycles. The van der Waals surface area contributed by atoms with Gasteiger partial charge in [0, 0.05) is 6.54 Å². The molecule has 108 valence electrons. The second-order valence-corrected chi connectivity index (χ2v) is 5.85. The van der Waals surface area contributed by atoms with E-state index in [-0.39, 0.29) is 12.5 Å². The predicted molar refractivity (Wildman–Crippen MR) is 70.1 cm³/mol. The molecule has 0 aromatic rings. The molecule has 6 nitrogen and oxygen atoms in total. The Morgan fingerprint density at radius 3 is 2.79 bits per heavy atom. The molecule has 1 aliphatic carbocycles. The summed E-state index contributed by atoms with van der Waals surface area (Å²) in [5, 5.41) is 0. The zero-order valence-electron chi connectivity index (χ0n) is 11.4. The zero-order valence-corrected chi connectivity index (χ0v) is 11.4. The topological polar surface area (TPSA) is 98.7 Å². The third kappa shape index (κ3) is 2.90. The van der Waals surface area contributed by atoms with Crippen molar-refractivity contribution in [3.8, 4) is 0 Å². The lowest BCUT2D eigenvalue weighted by atomic mass is 9.76. The number of nitrogens with two attached hydrogens (primary N) is 2. The van der Waals surface area contributed by atoms with Crippen molar-refractivity contribution < 1.29 is 14.3 Å². The number of ether oxygens (including phenoxy) is 1. The molecule has 1 heterocycles. The Balaban J connectivity index is 2.14. The summed E-state index contributed by atoms with van der Waals surface area (Å²) in [4.78, 5) is 25.6. The summed E-state index contributed by atoms with van der Waals surface area (Å²) in [7, 11) is 0. The van der Waals surface area contributed by atoms with Crippen LogP contribution in [0.15, 0.2) is 0 Å². The van der Waals surface area contributed by atoms with Crippen LogP contribution in [0.5, 0.6) is 0 Å². The van der Waals surface area contributed by atoms with Gasteiger partial charge >= 0.3 is 0 Å². The maximum Gasteiger partial charge on any atom is 0.243 e. The Morgan fingerprint density at radius 1 is 1.42 bits per heavy atom. The van der Waals surface area contributed by atoms with E-state index in [4.69, 9.17) is 16.2 Å². The highest BCUT2D eigenvalue weighted by molar-refractivity contribution is 5.91. The number of amides is 2. The van der Waals surface area contributed by atoms with Crippen LogP contribution < -0.4 is 11.5 Å². The molecule has 0 aromatic heterocycles. The predicted octanol–water partition coefficient (Wildman–Crippen LogP) is -0.393. The highest BCUT2D eigenvalue weighted by Crippen LogP contribution is 2.32. The van der Waals surface area contributed by atoms with Gasteiger partial charge in [-0.1, -0.05) is 19.8 Å². The largest absolute Gasteiger partial charge is 0.377 e. The van der Waals surface area contributed by atoms with Gasteiger partial charge in [0.25, 0.3) is 0 Å². The molecule has 2 rings (SSSR count). The average Bonchev–Trinajstić information content (AvgIpc) is 2.37. The molecule has 3 atom stereocenters. The van der Waals surface area contributed by atoms with Gasteiger partial charge in [0.05, 0.1) is 18.8 Å². The van der Waals surface area contributed by atoms with Gasteiger partial charge in [-0.05, 0) is 18.8 Å². The van der Waals surface area contributed by atoms with Gasteiger partial charge in [0.15, 0.2) is 0 Å². The second kappa shape index (κ2) is 5.46. The number of hydrogen-bond acceptors (Lipinski definition) is 4. The summed E-state index contributed by atoms with van der Waals surface area (Å²) in [6.07, 6.45) is 3.41. The van der Waals surface area contributed by atoms with Crippen molar-refractivity contribution in [1.29, 1.82) is 0 Å². The first kappa shape index (κ1) is 14.3. The van der Waals surface area contributed by atoms with Gasteiger partial charge in [-0.25, -0.2) is 0 Å². The first-order chi connectivity index (χ1) is 8.94. The quantitative estimate of drug-likeness (QED) is 0.713. The minimum atomic E-state index is -0.845. The first-order valence-corrected chi connectivity index (χ1v) is 6.91. The minimum absolute atomic E-state index is 0.147. The summed E-state index contributed by atoms with van der Waals surface area (Å²) in [6, 6.07) is -0.682. The molecule has 19 heavy (non-hydrogen) atoms. The van der Waals surface area contributed by atoms with Crippen LogP contribution in [0.25, 0.3) is 0 Å². The van der Waals surface area contributed by atoms with Crippen molar-refractivity contribution in [1.82, 2.24) is 4.90 Å². The van der Waals surface area contributed by atoms with E-state index in [1.54, 1.807) is 0 Å². The van der Waals surface area contributed by atoms with Gasteiger partial charge in [0.1, 0.15) is 6.04 Å². The van der Waals surface area contributed by atoms with Crippen LogP contribution in [0.4, 0.5) is 0 Å². The van der Waals surface area contributed by atoms with Crippen LogP contribution in [0, 0.1) is 5.92 Å². The Hall–Kier alpha value is -1.14. The Morgan fingerprint density at radius 2 is 2.16 bits per heavy atom. The van der Waals surface area contributed by atoms with Crippen LogP contribution in [-0.4, -0.2) is 48.1 Å². The third-order valence-corrected chi connectivity index (χ3v) is 4.18. The maximum atomic E-state index is 12.7. The van der Waals surface area contributed by atoms with Crippen molar-refractivity contribution in [2.75, 3.05) is 19.8 Å². The van der Waals surface area contributed by atoms with E-state index in [1.807, 2.05) is 0 Å². The monoisotopic (exact) mass is 269 g/mol. The Labute approximate surface area is 113 Å². The maximum absolute atomic E-state index is 12.7. The summed E-state index contributed by atoms with van der Waals surface area (Å²) in [5.74, 6) is -0.234.